The Labute approximate surface area is 119 Å². The molecule has 1 unspecified atom stereocenters. The minimum atomic E-state index is -0.221. The van der Waals surface area contributed by atoms with Gasteiger partial charge in [0.2, 0.25) is 0 Å². The highest BCUT2D eigenvalue weighted by Gasteiger charge is 2.31. The zero-order chi connectivity index (χ0) is 13.9. The lowest BCUT2D eigenvalue weighted by Crippen LogP contribution is -2.42. The number of hydrogen-bond acceptors (Lipinski definition) is 3. The van der Waals surface area contributed by atoms with Crippen LogP contribution in [0.5, 0.6) is 0 Å². The Kier molecular flexibility index (Phi) is 3.90. The monoisotopic (exact) mass is 275 g/mol. The minimum absolute atomic E-state index is 0.218. The highest BCUT2D eigenvalue weighted by molar-refractivity contribution is 5.97. The average molecular weight is 275 g/mol. The lowest BCUT2D eigenvalue weighted by Gasteiger charge is -2.31. The Morgan fingerprint density at radius 2 is 1.95 bits per heavy atom. The van der Waals surface area contributed by atoms with Gasteiger partial charge in [0.05, 0.1) is 18.3 Å². The van der Waals surface area contributed by atoms with Crippen molar-refractivity contribution in [3.05, 3.63) is 30.1 Å². The second kappa shape index (κ2) is 5.81. The molecule has 1 fully saturated rings. The van der Waals surface area contributed by atoms with Gasteiger partial charge in [-0.05, 0) is 24.5 Å². The lowest BCUT2D eigenvalue weighted by molar-refractivity contribution is 0.321. The van der Waals surface area contributed by atoms with E-state index in [9.17, 15) is 4.39 Å². The third-order valence-electron chi connectivity index (χ3n) is 4.52. The molecule has 4 heteroatoms. The molecule has 20 heavy (non-hydrogen) atoms. The summed E-state index contributed by atoms with van der Waals surface area (Å²) in [6.45, 7) is 0.691. The number of guanidine groups is 1. The van der Waals surface area contributed by atoms with Crippen molar-refractivity contribution in [2.45, 2.75) is 44.6 Å². The van der Waals surface area contributed by atoms with Crippen LogP contribution in [0.25, 0.3) is 0 Å². The molecular weight excluding hydrogens is 253 g/mol. The van der Waals surface area contributed by atoms with Crippen LogP contribution in [-0.2, 0) is 0 Å². The van der Waals surface area contributed by atoms with E-state index in [1.807, 2.05) is 11.0 Å². The first-order valence-electron chi connectivity index (χ1n) is 7.59. The summed E-state index contributed by atoms with van der Waals surface area (Å²) in [6, 6.07) is 7.05. The standard InChI is InChI=1S/C16H22FN3/c17-14-8-4-5-9-15(14)20-13(11-19-16(20)18)10-12-6-2-1-3-7-12/h4-5,8-9,12-13H,1-3,6-7,10-11H2,(H2,18,19). The van der Waals surface area contributed by atoms with Crippen molar-refractivity contribution < 1.29 is 4.39 Å². The van der Waals surface area contributed by atoms with Crippen molar-refractivity contribution in [2.75, 3.05) is 11.4 Å². The van der Waals surface area contributed by atoms with E-state index in [2.05, 4.69) is 4.99 Å². The quantitative estimate of drug-likeness (QED) is 0.919. The Balaban J connectivity index is 1.76. The molecule has 1 aromatic carbocycles. The normalized spacial score (nSPS) is 23.9. The molecule has 3 rings (SSSR count). The fourth-order valence-electron chi connectivity index (χ4n) is 3.50. The number of halogens is 1. The van der Waals surface area contributed by atoms with Gasteiger partial charge in [0.25, 0.3) is 0 Å². The van der Waals surface area contributed by atoms with Crippen LogP contribution in [0, 0.1) is 11.7 Å². The van der Waals surface area contributed by atoms with Crippen LogP contribution in [0.1, 0.15) is 38.5 Å². The minimum Gasteiger partial charge on any atom is -0.370 e. The number of nitrogens with zero attached hydrogens (tertiary/aromatic N) is 2. The van der Waals surface area contributed by atoms with Crippen molar-refractivity contribution in [1.82, 2.24) is 0 Å². The second-order valence-corrected chi connectivity index (χ2v) is 5.91. The number of anilines is 1. The summed E-state index contributed by atoms with van der Waals surface area (Å²) < 4.78 is 14.0. The summed E-state index contributed by atoms with van der Waals surface area (Å²) in [5, 5.41) is 0. The van der Waals surface area contributed by atoms with Crippen LogP contribution < -0.4 is 10.6 Å². The van der Waals surface area contributed by atoms with Crippen LogP contribution in [0.3, 0.4) is 0 Å². The fourth-order valence-corrected chi connectivity index (χ4v) is 3.50. The topological polar surface area (TPSA) is 41.6 Å². The number of rotatable bonds is 3. The van der Waals surface area contributed by atoms with Crippen molar-refractivity contribution in [2.24, 2.45) is 16.6 Å². The summed E-state index contributed by atoms with van der Waals surface area (Å²) in [7, 11) is 0. The van der Waals surface area contributed by atoms with E-state index in [4.69, 9.17) is 5.73 Å². The lowest BCUT2D eigenvalue weighted by atomic mass is 9.84. The summed E-state index contributed by atoms with van der Waals surface area (Å²) in [5.41, 5.74) is 6.55. The average Bonchev–Trinajstić information content (AvgIpc) is 2.82. The van der Waals surface area contributed by atoms with Crippen LogP contribution in [0.2, 0.25) is 0 Å². The SMILES string of the molecule is NC1=NCC(CC2CCCCC2)N1c1ccccc1F. The second-order valence-electron chi connectivity index (χ2n) is 5.91. The van der Waals surface area contributed by atoms with Crippen LogP contribution in [-0.4, -0.2) is 18.5 Å². The van der Waals surface area contributed by atoms with Crippen molar-refractivity contribution in [3.63, 3.8) is 0 Å². The van der Waals surface area contributed by atoms with E-state index in [1.165, 1.54) is 38.2 Å². The van der Waals surface area contributed by atoms with Gasteiger partial charge >= 0.3 is 0 Å². The molecule has 1 saturated carbocycles. The first-order valence-corrected chi connectivity index (χ1v) is 7.59. The van der Waals surface area contributed by atoms with Gasteiger partial charge in [-0.25, -0.2) is 4.39 Å². The highest BCUT2D eigenvalue weighted by Crippen LogP contribution is 2.32. The first kappa shape index (κ1) is 13.4. The molecule has 1 aliphatic heterocycles. The predicted octanol–water partition coefficient (Wildman–Crippen LogP) is 3.30. The van der Waals surface area contributed by atoms with Crippen molar-refractivity contribution in [3.8, 4) is 0 Å². The molecule has 1 heterocycles. The maximum atomic E-state index is 14.0. The third kappa shape index (κ3) is 2.65. The third-order valence-corrected chi connectivity index (χ3v) is 4.52. The Morgan fingerprint density at radius 1 is 1.20 bits per heavy atom. The van der Waals surface area contributed by atoms with Crippen molar-refractivity contribution in [1.29, 1.82) is 0 Å². The molecule has 1 atom stereocenters. The summed E-state index contributed by atoms with van der Waals surface area (Å²) >= 11 is 0. The van der Waals surface area contributed by atoms with Gasteiger partial charge in [-0.15, -0.1) is 0 Å². The van der Waals surface area contributed by atoms with Gasteiger partial charge in [-0.2, -0.15) is 0 Å². The fraction of sp³-hybridized carbons (Fsp3) is 0.562. The summed E-state index contributed by atoms with van der Waals surface area (Å²) in [6.07, 6.45) is 7.67. The van der Waals surface area contributed by atoms with Crippen LogP contribution in [0.4, 0.5) is 10.1 Å². The number of nitrogens with two attached hydrogens (primary N) is 1. The zero-order valence-corrected chi connectivity index (χ0v) is 11.8. The smallest absolute Gasteiger partial charge is 0.196 e. The maximum Gasteiger partial charge on any atom is 0.196 e. The molecule has 1 aromatic rings. The van der Waals surface area contributed by atoms with E-state index in [-0.39, 0.29) is 11.9 Å². The Morgan fingerprint density at radius 3 is 2.70 bits per heavy atom. The number of hydrogen-bond donors (Lipinski definition) is 1. The van der Waals surface area contributed by atoms with E-state index in [0.29, 0.717) is 18.2 Å². The Bertz CT molecular complexity index is 494. The summed E-state index contributed by atoms with van der Waals surface area (Å²) in [5.74, 6) is 0.973. The predicted molar refractivity (Wildman–Crippen MR) is 80.3 cm³/mol. The maximum absolute atomic E-state index is 14.0. The van der Waals surface area contributed by atoms with E-state index in [0.717, 1.165) is 12.3 Å². The van der Waals surface area contributed by atoms with E-state index in [1.54, 1.807) is 12.1 Å². The molecule has 0 spiro atoms. The first-order chi connectivity index (χ1) is 9.75. The van der Waals surface area contributed by atoms with E-state index >= 15 is 0 Å². The van der Waals surface area contributed by atoms with Gasteiger partial charge in [0.15, 0.2) is 5.96 Å². The van der Waals surface area contributed by atoms with Gasteiger partial charge in [-0.3, -0.25) is 4.99 Å². The molecule has 1 aliphatic carbocycles. The largest absolute Gasteiger partial charge is 0.370 e. The molecule has 0 aromatic heterocycles. The van der Waals surface area contributed by atoms with Crippen LogP contribution >= 0.6 is 0 Å². The molecule has 0 radical (unpaired) electrons. The zero-order valence-electron chi connectivity index (χ0n) is 11.8. The number of benzene rings is 1. The molecule has 2 N–H and O–H groups in total. The van der Waals surface area contributed by atoms with E-state index < -0.39 is 0 Å². The van der Waals surface area contributed by atoms with Gasteiger partial charge in [-0.1, -0.05) is 44.2 Å². The summed E-state index contributed by atoms with van der Waals surface area (Å²) in [4.78, 5) is 6.23. The Hall–Kier alpha value is -1.58. The van der Waals surface area contributed by atoms with Crippen molar-refractivity contribution >= 4 is 11.6 Å². The van der Waals surface area contributed by atoms with Gasteiger partial charge in [0.1, 0.15) is 5.82 Å². The van der Waals surface area contributed by atoms with Gasteiger partial charge in [0, 0.05) is 0 Å². The number of para-hydroxylation sites is 1. The van der Waals surface area contributed by atoms with Crippen LogP contribution in [0.15, 0.2) is 29.3 Å². The van der Waals surface area contributed by atoms with Gasteiger partial charge < -0.3 is 10.6 Å². The molecule has 0 bridgehead atoms. The molecule has 108 valence electrons. The number of aliphatic imine (C=N–C) groups is 1. The molecule has 0 saturated heterocycles. The molecule has 3 nitrogen and oxygen atoms in total. The molecule has 0 amide bonds. The molecular formula is C16H22FN3. The highest BCUT2D eigenvalue weighted by atomic mass is 19.1. The molecule has 2 aliphatic rings.